The van der Waals surface area contributed by atoms with E-state index < -0.39 is 0 Å². The molecule has 0 unspecified atom stereocenters. The number of benzene rings is 2. The number of hydrogen-bond donors (Lipinski definition) is 1. The van der Waals surface area contributed by atoms with E-state index in [1.165, 1.54) is 11.3 Å². The second-order valence-corrected chi connectivity index (χ2v) is 7.38. The zero-order chi connectivity index (χ0) is 19.8. The van der Waals surface area contributed by atoms with Crippen molar-refractivity contribution in [2.75, 3.05) is 11.9 Å². The average molecular weight is 410 g/mol. The van der Waals surface area contributed by atoms with Gasteiger partial charge in [0.05, 0.1) is 12.3 Å². The zero-order valence-electron chi connectivity index (χ0n) is 15.5. The van der Waals surface area contributed by atoms with E-state index in [4.69, 9.17) is 16.3 Å². The van der Waals surface area contributed by atoms with Gasteiger partial charge in [0.2, 0.25) is 0 Å². The van der Waals surface area contributed by atoms with E-state index >= 15 is 0 Å². The van der Waals surface area contributed by atoms with E-state index in [-0.39, 0.29) is 0 Å². The lowest BCUT2D eigenvalue weighted by Crippen LogP contribution is -1.96. The number of nitriles is 1. The van der Waals surface area contributed by atoms with Crippen LogP contribution in [0.2, 0.25) is 5.02 Å². The van der Waals surface area contributed by atoms with Crippen molar-refractivity contribution in [3.05, 3.63) is 70.1 Å². The number of unbranched alkanes of at least 4 members (excludes halogenated alkanes) is 1. The second-order valence-electron chi connectivity index (χ2n) is 6.09. The Morgan fingerprint density at radius 3 is 2.64 bits per heavy atom. The van der Waals surface area contributed by atoms with Crippen LogP contribution in [-0.4, -0.2) is 11.6 Å². The van der Waals surface area contributed by atoms with Crippen LogP contribution in [0.4, 0.5) is 5.69 Å². The van der Waals surface area contributed by atoms with Crippen LogP contribution in [0.3, 0.4) is 0 Å². The van der Waals surface area contributed by atoms with Crippen LogP contribution in [0, 0.1) is 11.3 Å². The van der Waals surface area contributed by atoms with E-state index in [1.54, 1.807) is 6.20 Å². The molecular formula is C22H20ClN3OS. The number of nitrogens with one attached hydrogen (secondary N) is 1. The van der Waals surface area contributed by atoms with Crippen molar-refractivity contribution in [3.63, 3.8) is 0 Å². The van der Waals surface area contributed by atoms with Gasteiger partial charge in [-0.05, 0) is 42.8 Å². The standard InChI is InChI=1S/C22H20ClN3OS/c1-2-3-12-27-20-10-8-19(9-11-20)25-14-17(13-24)22-26-21(15-28-22)16-4-6-18(23)7-5-16/h4-11,14-15,25H,2-3,12H2,1H3. The van der Waals surface area contributed by atoms with Crippen molar-refractivity contribution >= 4 is 34.2 Å². The smallest absolute Gasteiger partial charge is 0.136 e. The van der Waals surface area contributed by atoms with E-state index in [9.17, 15) is 5.26 Å². The Hall–Kier alpha value is -2.81. The summed E-state index contributed by atoms with van der Waals surface area (Å²) in [5, 5.41) is 15.9. The van der Waals surface area contributed by atoms with Gasteiger partial charge in [-0.25, -0.2) is 4.98 Å². The minimum absolute atomic E-state index is 0.480. The van der Waals surface area contributed by atoms with Crippen molar-refractivity contribution < 1.29 is 4.74 Å². The topological polar surface area (TPSA) is 57.9 Å². The lowest BCUT2D eigenvalue weighted by molar-refractivity contribution is 0.309. The Balaban J connectivity index is 1.67. The predicted octanol–water partition coefficient (Wildman–Crippen LogP) is 6.62. The summed E-state index contributed by atoms with van der Waals surface area (Å²) in [7, 11) is 0. The molecule has 0 saturated carbocycles. The van der Waals surface area contributed by atoms with Gasteiger partial charge in [-0.1, -0.05) is 37.1 Å². The highest BCUT2D eigenvalue weighted by Gasteiger charge is 2.09. The van der Waals surface area contributed by atoms with Crippen LogP contribution in [0.25, 0.3) is 16.8 Å². The van der Waals surface area contributed by atoms with Gasteiger partial charge in [-0.2, -0.15) is 5.26 Å². The number of allylic oxidation sites excluding steroid dienone is 1. The van der Waals surface area contributed by atoms with E-state index in [1.807, 2.05) is 53.9 Å². The molecule has 1 heterocycles. The SMILES string of the molecule is CCCCOc1ccc(NC=C(C#N)c2nc(-c3ccc(Cl)cc3)cs2)cc1. The lowest BCUT2D eigenvalue weighted by Gasteiger charge is -2.06. The van der Waals surface area contributed by atoms with Crippen LogP contribution in [0.5, 0.6) is 5.75 Å². The first kappa shape index (κ1) is 19.9. The highest BCUT2D eigenvalue weighted by Crippen LogP contribution is 2.27. The van der Waals surface area contributed by atoms with Crippen molar-refractivity contribution in [1.29, 1.82) is 5.26 Å². The number of hydrogen-bond acceptors (Lipinski definition) is 5. The molecule has 0 saturated heterocycles. The highest BCUT2D eigenvalue weighted by molar-refractivity contribution is 7.11. The summed E-state index contributed by atoms with van der Waals surface area (Å²) in [5.74, 6) is 0.844. The number of ether oxygens (including phenoxy) is 1. The summed E-state index contributed by atoms with van der Waals surface area (Å²) < 4.78 is 5.66. The van der Waals surface area contributed by atoms with E-state index in [0.29, 0.717) is 15.6 Å². The Kier molecular flexibility index (Phi) is 7.07. The third-order valence-corrected chi connectivity index (χ3v) is 5.13. The largest absolute Gasteiger partial charge is 0.494 e. The molecule has 0 spiro atoms. The number of nitrogens with zero attached hydrogens (tertiary/aromatic N) is 2. The molecule has 1 aromatic heterocycles. The van der Waals surface area contributed by atoms with E-state index in [0.717, 1.165) is 42.1 Å². The maximum atomic E-state index is 9.51. The third-order valence-electron chi connectivity index (χ3n) is 4.00. The third kappa shape index (κ3) is 5.35. The summed E-state index contributed by atoms with van der Waals surface area (Å²) >= 11 is 7.37. The summed E-state index contributed by atoms with van der Waals surface area (Å²) in [6.07, 6.45) is 3.83. The van der Waals surface area contributed by atoms with Crippen LogP contribution in [0.1, 0.15) is 24.8 Å². The summed E-state index contributed by atoms with van der Waals surface area (Å²) in [6, 6.07) is 17.4. The van der Waals surface area contributed by atoms with Gasteiger partial charge in [0, 0.05) is 27.9 Å². The van der Waals surface area contributed by atoms with Crippen molar-refractivity contribution in [2.24, 2.45) is 0 Å². The summed E-state index contributed by atoms with van der Waals surface area (Å²) in [4.78, 5) is 4.57. The quantitative estimate of drug-likeness (QED) is 0.335. The van der Waals surface area contributed by atoms with Gasteiger partial charge in [0.25, 0.3) is 0 Å². The van der Waals surface area contributed by atoms with Gasteiger partial charge in [0.15, 0.2) is 0 Å². The minimum Gasteiger partial charge on any atom is -0.494 e. The Labute approximate surface area is 174 Å². The fourth-order valence-corrected chi connectivity index (χ4v) is 3.35. The number of anilines is 1. The molecule has 0 amide bonds. The number of rotatable bonds is 8. The highest BCUT2D eigenvalue weighted by atomic mass is 35.5. The normalized spacial score (nSPS) is 11.1. The number of thiazole rings is 1. The van der Waals surface area contributed by atoms with Crippen LogP contribution >= 0.6 is 22.9 Å². The molecule has 28 heavy (non-hydrogen) atoms. The molecule has 0 radical (unpaired) electrons. The van der Waals surface area contributed by atoms with E-state index in [2.05, 4.69) is 23.3 Å². The first-order valence-corrected chi connectivity index (χ1v) is 10.3. The maximum absolute atomic E-state index is 9.51. The molecule has 0 atom stereocenters. The second kappa shape index (κ2) is 9.93. The Morgan fingerprint density at radius 1 is 1.21 bits per heavy atom. The van der Waals surface area contributed by atoms with Crippen molar-refractivity contribution in [3.8, 4) is 23.1 Å². The fraction of sp³-hybridized carbons (Fsp3) is 0.182. The fourth-order valence-electron chi connectivity index (χ4n) is 2.43. The molecule has 0 aliphatic carbocycles. The minimum atomic E-state index is 0.480. The number of halogens is 1. The molecular weight excluding hydrogens is 390 g/mol. The predicted molar refractivity (Wildman–Crippen MR) is 117 cm³/mol. The van der Waals surface area contributed by atoms with Gasteiger partial charge >= 0.3 is 0 Å². The molecule has 3 aromatic rings. The first-order valence-electron chi connectivity index (χ1n) is 9.01. The summed E-state index contributed by atoms with van der Waals surface area (Å²) in [5.41, 5.74) is 3.15. The lowest BCUT2D eigenvalue weighted by atomic mass is 10.2. The Bertz CT molecular complexity index is 972. The molecule has 142 valence electrons. The van der Waals surface area contributed by atoms with Gasteiger partial charge in [-0.3, -0.25) is 0 Å². The van der Waals surface area contributed by atoms with Crippen LogP contribution < -0.4 is 10.1 Å². The van der Waals surface area contributed by atoms with Gasteiger partial charge in [0.1, 0.15) is 22.4 Å². The van der Waals surface area contributed by atoms with Crippen molar-refractivity contribution in [2.45, 2.75) is 19.8 Å². The van der Waals surface area contributed by atoms with Crippen LogP contribution in [-0.2, 0) is 0 Å². The molecule has 0 aliphatic rings. The summed E-state index contributed by atoms with van der Waals surface area (Å²) in [6.45, 7) is 2.86. The molecule has 1 N–H and O–H groups in total. The maximum Gasteiger partial charge on any atom is 0.136 e. The van der Waals surface area contributed by atoms with Gasteiger partial charge < -0.3 is 10.1 Å². The monoisotopic (exact) mass is 409 g/mol. The molecule has 3 rings (SSSR count). The van der Waals surface area contributed by atoms with Crippen LogP contribution in [0.15, 0.2) is 60.1 Å². The molecule has 4 nitrogen and oxygen atoms in total. The molecule has 0 fully saturated rings. The number of aromatic nitrogens is 1. The van der Waals surface area contributed by atoms with Gasteiger partial charge in [-0.15, -0.1) is 11.3 Å². The zero-order valence-corrected chi connectivity index (χ0v) is 17.1. The average Bonchev–Trinajstić information content (AvgIpc) is 3.20. The molecule has 0 bridgehead atoms. The molecule has 2 aromatic carbocycles. The molecule has 6 heteroatoms. The first-order chi connectivity index (χ1) is 13.7. The Morgan fingerprint density at radius 2 is 1.96 bits per heavy atom. The molecule has 0 aliphatic heterocycles. The van der Waals surface area contributed by atoms with Crippen molar-refractivity contribution in [1.82, 2.24) is 4.98 Å².